The lowest BCUT2D eigenvalue weighted by atomic mass is 9.94. The predicted octanol–water partition coefficient (Wildman–Crippen LogP) is 3.87. The second-order valence-corrected chi connectivity index (χ2v) is 5.53. The van der Waals surface area contributed by atoms with Gasteiger partial charge in [-0.1, -0.05) is 0 Å². The van der Waals surface area contributed by atoms with Crippen molar-refractivity contribution in [1.82, 2.24) is 0 Å². The van der Waals surface area contributed by atoms with Gasteiger partial charge in [-0.2, -0.15) is 13.2 Å². The zero-order chi connectivity index (χ0) is 16.3. The summed E-state index contributed by atoms with van der Waals surface area (Å²) in [5.74, 6) is -0.177. The summed E-state index contributed by atoms with van der Waals surface area (Å²) in [7, 11) is 0. The highest BCUT2D eigenvalue weighted by Gasteiger charge is 2.32. The highest BCUT2D eigenvalue weighted by atomic mass is 19.4. The summed E-state index contributed by atoms with van der Waals surface area (Å²) < 4.78 is 43.2. The fourth-order valence-corrected chi connectivity index (χ4v) is 2.74. The molecule has 1 aliphatic rings. The van der Waals surface area contributed by atoms with E-state index < -0.39 is 11.7 Å². The van der Waals surface area contributed by atoms with Crippen molar-refractivity contribution < 1.29 is 22.7 Å². The van der Waals surface area contributed by atoms with E-state index in [4.69, 9.17) is 4.74 Å². The van der Waals surface area contributed by atoms with Crippen LogP contribution in [0.2, 0.25) is 0 Å². The smallest absolute Gasteiger partial charge is 0.378 e. The molecule has 0 spiro atoms. The minimum Gasteiger partial charge on any atom is -0.378 e. The summed E-state index contributed by atoms with van der Waals surface area (Å²) >= 11 is 0. The molecular weight excluding hydrogens is 295 g/mol. The summed E-state index contributed by atoms with van der Waals surface area (Å²) in [5.41, 5.74) is -0.209. The van der Waals surface area contributed by atoms with Crippen LogP contribution in [0.5, 0.6) is 0 Å². The van der Waals surface area contributed by atoms with E-state index in [0.29, 0.717) is 31.7 Å². The Morgan fingerprint density at radius 3 is 2.45 bits per heavy atom. The number of anilines is 1. The quantitative estimate of drug-likeness (QED) is 0.847. The molecule has 1 aromatic carbocycles. The number of carbonyl (C=O) groups is 1. The number of amides is 1. The molecule has 0 radical (unpaired) electrons. The number of rotatable bonds is 3. The number of benzene rings is 1. The SMILES string of the molecule is CCN(C(=O)[C@H]1CCO[C@H](C)C1)c1ccc(C(F)(F)F)cc1. The largest absolute Gasteiger partial charge is 0.416 e. The van der Waals surface area contributed by atoms with E-state index in [1.54, 1.807) is 4.90 Å². The topological polar surface area (TPSA) is 29.5 Å². The van der Waals surface area contributed by atoms with Crippen LogP contribution in [0.15, 0.2) is 24.3 Å². The van der Waals surface area contributed by atoms with Crippen molar-refractivity contribution in [3.63, 3.8) is 0 Å². The number of alkyl halides is 3. The fraction of sp³-hybridized carbons (Fsp3) is 0.562. The second kappa shape index (κ2) is 6.69. The van der Waals surface area contributed by atoms with Crippen molar-refractivity contribution in [2.45, 2.75) is 39.0 Å². The molecule has 0 aliphatic carbocycles. The third-order valence-corrected chi connectivity index (χ3v) is 3.92. The molecule has 122 valence electrons. The lowest BCUT2D eigenvalue weighted by Crippen LogP contribution is -2.40. The standard InChI is InChI=1S/C16H20F3NO2/c1-3-20(15(21)12-8-9-22-11(2)10-12)14-6-4-13(5-7-14)16(17,18)19/h4-7,11-12H,3,8-10H2,1-2H3/t11-,12+/m1/s1. The van der Waals surface area contributed by atoms with Crippen molar-refractivity contribution in [2.24, 2.45) is 5.92 Å². The van der Waals surface area contributed by atoms with Gasteiger partial charge in [-0.3, -0.25) is 4.79 Å². The monoisotopic (exact) mass is 315 g/mol. The van der Waals surface area contributed by atoms with Gasteiger partial charge in [0.05, 0.1) is 11.7 Å². The Morgan fingerprint density at radius 1 is 1.32 bits per heavy atom. The maximum Gasteiger partial charge on any atom is 0.416 e. The number of ether oxygens (including phenoxy) is 1. The Kier molecular flexibility index (Phi) is 5.11. The second-order valence-electron chi connectivity index (χ2n) is 5.53. The van der Waals surface area contributed by atoms with Gasteiger partial charge in [0.25, 0.3) is 0 Å². The molecule has 1 aromatic rings. The molecule has 1 amide bonds. The van der Waals surface area contributed by atoms with Crippen LogP contribution in [0.3, 0.4) is 0 Å². The molecule has 0 bridgehead atoms. The normalized spacial score (nSPS) is 22.4. The average molecular weight is 315 g/mol. The van der Waals surface area contributed by atoms with Crippen LogP contribution in [-0.2, 0) is 15.7 Å². The van der Waals surface area contributed by atoms with Gasteiger partial charge in [-0.15, -0.1) is 0 Å². The first-order valence-electron chi connectivity index (χ1n) is 7.43. The molecule has 1 aliphatic heterocycles. The van der Waals surface area contributed by atoms with Gasteiger partial charge in [0.2, 0.25) is 5.91 Å². The first kappa shape index (κ1) is 16.8. The van der Waals surface area contributed by atoms with E-state index in [9.17, 15) is 18.0 Å². The molecule has 2 atom stereocenters. The highest BCUT2D eigenvalue weighted by Crippen LogP contribution is 2.31. The summed E-state index contributed by atoms with van der Waals surface area (Å²) in [6.07, 6.45) is -3.03. The van der Waals surface area contributed by atoms with Crippen molar-refractivity contribution >= 4 is 11.6 Å². The summed E-state index contributed by atoms with van der Waals surface area (Å²) in [5, 5.41) is 0. The lowest BCUT2D eigenvalue weighted by molar-refractivity contribution is -0.137. The van der Waals surface area contributed by atoms with Crippen LogP contribution < -0.4 is 4.90 Å². The van der Waals surface area contributed by atoms with Gasteiger partial charge in [-0.25, -0.2) is 0 Å². The van der Waals surface area contributed by atoms with Crippen molar-refractivity contribution in [1.29, 1.82) is 0 Å². The van der Waals surface area contributed by atoms with Crippen LogP contribution in [0.25, 0.3) is 0 Å². The molecule has 6 heteroatoms. The summed E-state index contributed by atoms with van der Waals surface area (Å²) in [6, 6.07) is 4.73. The third-order valence-electron chi connectivity index (χ3n) is 3.92. The van der Waals surface area contributed by atoms with Crippen LogP contribution in [0.4, 0.5) is 18.9 Å². The zero-order valence-electron chi connectivity index (χ0n) is 12.7. The molecule has 0 saturated carbocycles. The molecular formula is C16H20F3NO2. The number of carbonyl (C=O) groups excluding carboxylic acids is 1. The fourth-order valence-electron chi connectivity index (χ4n) is 2.74. The number of hydrogen-bond donors (Lipinski definition) is 0. The molecule has 1 heterocycles. The molecule has 0 aromatic heterocycles. The molecule has 0 unspecified atom stereocenters. The first-order valence-corrected chi connectivity index (χ1v) is 7.43. The van der Waals surface area contributed by atoms with Gasteiger partial charge >= 0.3 is 6.18 Å². The Morgan fingerprint density at radius 2 is 1.95 bits per heavy atom. The van der Waals surface area contributed by atoms with E-state index >= 15 is 0 Å². The average Bonchev–Trinajstić information content (AvgIpc) is 2.47. The van der Waals surface area contributed by atoms with E-state index in [2.05, 4.69) is 0 Å². The summed E-state index contributed by atoms with van der Waals surface area (Å²) in [6.45, 7) is 4.71. The molecule has 0 N–H and O–H groups in total. The minimum atomic E-state index is -4.37. The van der Waals surface area contributed by atoms with Gasteiger partial charge in [0.1, 0.15) is 0 Å². The molecule has 3 nitrogen and oxygen atoms in total. The molecule has 2 rings (SSSR count). The van der Waals surface area contributed by atoms with Gasteiger partial charge in [-0.05, 0) is 51.0 Å². The van der Waals surface area contributed by atoms with Crippen LogP contribution in [0, 0.1) is 5.92 Å². The minimum absolute atomic E-state index is 0.0361. The Balaban J connectivity index is 2.15. The van der Waals surface area contributed by atoms with E-state index in [1.807, 2.05) is 13.8 Å². The first-order chi connectivity index (χ1) is 10.3. The third kappa shape index (κ3) is 3.80. The van der Waals surface area contributed by atoms with Crippen molar-refractivity contribution in [3.8, 4) is 0 Å². The van der Waals surface area contributed by atoms with Gasteiger partial charge < -0.3 is 9.64 Å². The number of hydrogen-bond acceptors (Lipinski definition) is 2. The zero-order valence-corrected chi connectivity index (χ0v) is 12.7. The number of halogens is 3. The lowest BCUT2D eigenvalue weighted by Gasteiger charge is -2.31. The van der Waals surface area contributed by atoms with Gasteiger partial charge in [0, 0.05) is 24.8 Å². The van der Waals surface area contributed by atoms with E-state index in [1.165, 1.54) is 12.1 Å². The van der Waals surface area contributed by atoms with E-state index in [0.717, 1.165) is 12.1 Å². The predicted molar refractivity (Wildman–Crippen MR) is 77.6 cm³/mol. The van der Waals surface area contributed by atoms with Crippen LogP contribution in [-0.4, -0.2) is 25.2 Å². The maximum absolute atomic E-state index is 12.6. The van der Waals surface area contributed by atoms with Gasteiger partial charge in [0.15, 0.2) is 0 Å². The van der Waals surface area contributed by atoms with Crippen LogP contribution in [0.1, 0.15) is 32.3 Å². The molecule has 1 fully saturated rings. The Hall–Kier alpha value is -1.56. The highest BCUT2D eigenvalue weighted by molar-refractivity contribution is 5.95. The van der Waals surface area contributed by atoms with Crippen molar-refractivity contribution in [2.75, 3.05) is 18.1 Å². The summed E-state index contributed by atoms with van der Waals surface area (Å²) in [4.78, 5) is 14.1. The van der Waals surface area contributed by atoms with E-state index in [-0.39, 0.29) is 17.9 Å². The Labute approximate surface area is 128 Å². The molecule has 1 saturated heterocycles. The number of nitrogens with zero attached hydrogens (tertiary/aromatic N) is 1. The maximum atomic E-state index is 12.6. The van der Waals surface area contributed by atoms with Crippen molar-refractivity contribution in [3.05, 3.63) is 29.8 Å². The molecule has 22 heavy (non-hydrogen) atoms. The van der Waals surface area contributed by atoms with Crippen LogP contribution >= 0.6 is 0 Å². The Bertz CT molecular complexity index is 513.